The SMILES string of the molecule is CC(C)(C)OC(=O)N1CC2(CNc3ccc(C#N)cc32)C1. The highest BCUT2D eigenvalue weighted by Crippen LogP contribution is 2.44. The van der Waals surface area contributed by atoms with E-state index >= 15 is 0 Å². The number of benzene rings is 1. The number of hydrogen-bond acceptors (Lipinski definition) is 4. The first-order chi connectivity index (χ1) is 9.83. The molecule has 2 heterocycles. The van der Waals surface area contributed by atoms with Crippen LogP contribution in [0.3, 0.4) is 0 Å². The van der Waals surface area contributed by atoms with Gasteiger partial charge in [0.25, 0.3) is 0 Å². The lowest BCUT2D eigenvalue weighted by atomic mass is 9.75. The number of likely N-dealkylation sites (tertiary alicyclic amines) is 1. The summed E-state index contributed by atoms with van der Waals surface area (Å²) in [6.07, 6.45) is -0.266. The highest BCUT2D eigenvalue weighted by Gasteiger charge is 2.51. The predicted molar refractivity (Wildman–Crippen MR) is 79.1 cm³/mol. The first kappa shape index (κ1) is 13.7. The Balaban J connectivity index is 1.75. The van der Waals surface area contributed by atoms with E-state index in [1.807, 2.05) is 39.0 Å². The molecule has 2 aliphatic heterocycles. The summed E-state index contributed by atoms with van der Waals surface area (Å²) in [4.78, 5) is 13.8. The van der Waals surface area contributed by atoms with Gasteiger partial charge in [-0.15, -0.1) is 0 Å². The lowest BCUT2D eigenvalue weighted by Gasteiger charge is -2.47. The van der Waals surface area contributed by atoms with Crippen molar-refractivity contribution in [2.24, 2.45) is 0 Å². The number of ether oxygens (including phenoxy) is 1. The maximum atomic E-state index is 12.0. The second-order valence-corrected chi connectivity index (χ2v) is 6.84. The number of carbonyl (C=O) groups excluding carboxylic acids is 1. The minimum absolute atomic E-state index is 0.0703. The standard InChI is InChI=1S/C16H19N3O2/c1-15(2,3)21-14(20)19-9-16(10-19)8-18-13-5-4-11(7-17)6-12(13)16/h4-6,18H,8-10H2,1-3H3. The number of carbonyl (C=O) groups is 1. The third-order valence-corrected chi connectivity index (χ3v) is 3.98. The van der Waals surface area contributed by atoms with E-state index in [0.29, 0.717) is 18.7 Å². The fourth-order valence-corrected chi connectivity index (χ4v) is 2.99. The van der Waals surface area contributed by atoms with Gasteiger partial charge in [0.2, 0.25) is 0 Å². The Labute approximate surface area is 124 Å². The zero-order valence-corrected chi connectivity index (χ0v) is 12.6. The maximum Gasteiger partial charge on any atom is 0.410 e. The predicted octanol–water partition coefficient (Wildman–Crippen LogP) is 2.47. The first-order valence-corrected chi connectivity index (χ1v) is 7.09. The molecule has 0 radical (unpaired) electrons. The van der Waals surface area contributed by atoms with Gasteiger partial charge in [-0.05, 0) is 44.5 Å². The number of hydrogen-bond donors (Lipinski definition) is 1. The van der Waals surface area contributed by atoms with Gasteiger partial charge in [0.05, 0.1) is 17.0 Å². The number of nitrogens with zero attached hydrogens (tertiary/aromatic N) is 2. The van der Waals surface area contributed by atoms with E-state index in [-0.39, 0.29) is 11.5 Å². The van der Waals surface area contributed by atoms with E-state index in [1.165, 1.54) is 0 Å². The first-order valence-electron chi connectivity index (χ1n) is 7.09. The van der Waals surface area contributed by atoms with Crippen LogP contribution < -0.4 is 5.32 Å². The van der Waals surface area contributed by atoms with Gasteiger partial charge in [-0.2, -0.15) is 5.26 Å². The summed E-state index contributed by atoms with van der Waals surface area (Å²) in [6, 6.07) is 7.86. The van der Waals surface area contributed by atoms with Crippen molar-refractivity contribution in [1.82, 2.24) is 4.90 Å². The summed E-state index contributed by atoms with van der Waals surface area (Å²) < 4.78 is 5.39. The lowest BCUT2D eigenvalue weighted by Crippen LogP contribution is -2.62. The van der Waals surface area contributed by atoms with Crippen LogP contribution in [-0.2, 0) is 10.2 Å². The smallest absolute Gasteiger partial charge is 0.410 e. The summed E-state index contributed by atoms with van der Waals surface area (Å²) in [7, 11) is 0. The van der Waals surface area contributed by atoms with Crippen molar-refractivity contribution in [3.05, 3.63) is 29.3 Å². The molecule has 1 aromatic rings. The maximum absolute atomic E-state index is 12.0. The largest absolute Gasteiger partial charge is 0.444 e. The highest BCUT2D eigenvalue weighted by molar-refractivity contribution is 5.73. The van der Waals surface area contributed by atoms with Crippen LogP contribution in [0.15, 0.2) is 18.2 Å². The minimum atomic E-state index is -0.473. The molecule has 0 saturated carbocycles. The molecule has 0 bridgehead atoms. The molecule has 110 valence electrons. The van der Waals surface area contributed by atoms with Crippen LogP contribution in [0.5, 0.6) is 0 Å². The van der Waals surface area contributed by atoms with Crippen molar-refractivity contribution in [3.8, 4) is 6.07 Å². The minimum Gasteiger partial charge on any atom is -0.444 e. The third-order valence-electron chi connectivity index (χ3n) is 3.98. The molecular formula is C16H19N3O2. The molecule has 0 aromatic heterocycles. The molecule has 5 heteroatoms. The van der Waals surface area contributed by atoms with Crippen molar-refractivity contribution in [2.75, 3.05) is 25.0 Å². The van der Waals surface area contributed by atoms with Gasteiger partial charge in [0.1, 0.15) is 5.60 Å². The molecule has 21 heavy (non-hydrogen) atoms. The van der Waals surface area contributed by atoms with Crippen molar-refractivity contribution >= 4 is 11.8 Å². The normalized spacial score (nSPS) is 18.5. The van der Waals surface area contributed by atoms with Gasteiger partial charge in [0, 0.05) is 25.3 Å². The van der Waals surface area contributed by atoms with Crippen molar-refractivity contribution in [3.63, 3.8) is 0 Å². The summed E-state index contributed by atoms with van der Waals surface area (Å²) in [5.74, 6) is 0. The molecular weight excluding hydrogens is 266 g/mol. The summed E-state index contributed by atoms with van der Waals surface area (Å²) in [6.45, 7) is 7.67. The van der Waals surface area contributed by atoms with Crippen LogP contribution in [0.1, 0.15) is 31.9 Å². The van der Waals surface area contributed by atoms with Crippen LogP contribution in [0.2, 0.25) is 0 Å². The Morgan fingerprint density at radius 1 is 1.43 bits per heavy atom. The number of rotatable bonds is 0. The van der Waals surface area contributed by atoms with E-state index in [2.05, 4.69) is 11.4 Å². The zero-order valence-electron chi connectivity index (χ0n) is 12.6. The van der Waals surface area contributed by atoms with E-state index in [0.717, 1.165) is 17.8 Å². The zero-order chi connectivity index (χ0) is 15.3. The van der Waals surface area contributed by atoms with Gasteiger partial charge >= 0.3 is 6.09 Å². The number of nitrogens with one attached hydrogen (secondary N) is 1. The number of fused-ring (bicyclic) bond motifs is 2. The Morgan fingerprint density at radius 2 is 2.14 bits per heavy atom. The molecule has 2 aliphatic rings. The molecule has 0 atom stereocenters. The molecule has 5 nitrogen and oxygen atoms in total. The van der Waals surface area contributed by atoms with Crippen LogP contribution in [0.25, 0.3) is 0 Å². The number of nitriles is 1. The lowest BCUT2D eigenvalue weighted by molar-refractivity contribution is -0.00628. The molecule has 0 unspecified atom stereocenters. The topological polar surface area (TPSA) is 65.4 Å². The molecule has 1 N–H and O–H groups in total. The molecule has 1 spiro atoms. The third kappa shape index (κ3) is 2.31. The highest BCUT2D eigenvalue weighted by atomic mass is 16.6. The van der Waals surface area contributed by atoms with E-state index in [9.17, 15) is 4.79 Å². The monoisotopic (exact) mass is 285 g/mol. The molecule has 1 saturated heterocycles. The molecule has 1 fully saturated rings. The number of anilines is 1. The van der Waals surface area contributed by atoms with Gasteiger partial charge < -0.3 is 15.0 Å². The molecule has 1 aromatic carbocycles. The van der Waals surface area contributed by atoms with Crippen LogP contribution in [-0.4, -0.2) is 36.2 Å². The van der Waals surface area contributed by atoms with Gasteiger partial charge in [-0.1, -0.05) is 0 Å². The van der Waals surface area contributed by atoms with E-state index < -0.39 is 5.60 Å². The molecule has 0 aliphatic carbocycles. The average Bonchev–Trinajstić information content (AvgIpc) is 2.73. The van der Waals surface area contributed by atoms with Crippen LogP contribution in [0, 0.1) is 11.3 Å². The summed E-state index contributed by atoms with van der Waals surface area (Å²) in [5.41, 5.74) is 2.32. The Hall–Kier alpha value is -2.22. The van der Waals surface area contributed by atoms with Crippen LogP contribution >= 0.6 is 0 Å². The second kappa shape index (κ2) is 4.39. The fraction of sp³-hybridized carbons (Fsp3) is 0.500. The Bertz CT molecular complexity index is 634. The molecule has 3 rings (SSSR count). The van der Waals surface area contributed by atoms with Crippen LogP contribution in [0.4, 0.5) is 10.5 Å². The van der Waals surface area contributed by atoms with Gasteiger partial charge in [-0.3, -0.25) is 0 Å². The second-order valence-electron chi connectivity index (χ2n) is 6.84. The van der Waals surface area contributed by atoms with Crippen molar-refractivity contribution in [1.29, 1.82) is 5.26 Å². The Morgan fingerprint density at radius 3 is 2.76 bits per heavy atom. The van der Waals surface area contributed by atoms with E-state index in [4.69, 9.17) is 10.00 Å². The Kier molecular flexibility index (Phi) is 2.87. The molecule has 1 amide bonds. The summed E-state index contributed by atoms with van der Waals surface area (Å²) >= 11 is 0. The van der Waals surface area contributed by atoms with E-state index in [1.54, 1.807) is 4.90 Å². The van der Waals surface area contributed by atoms with Crippen molar-refractivity contribution in [2.45, 2.75) is 31.8 Å². The van der Waals surface area contributed by atoms with Gasteiger partial charge in [-0.25, -0.2) is 4.79 Å². The quantitative estimate of drug-likeness (QED) is 0.795. The summed E-state index contributed by atoms with van der Waals surface area (Å²) in [5, 5.41) is 12.4. The van der Waals surface area contributed by atoms with Gasteiger partial charge in [0.15, 0.2) is 0 Å². The fourth-order valence-electron chi connectivity index (χ4n) is 2.99. The van der Waals surface area contributed by atoms with Crippen molar-refractivity contribution < 1.29 is 9.53 Å². The average molecular weight is 285 g/mol. The number of amides is 1.